The largest absolute Gasteiger partial charge is 0.484 e. The molecule has 2 N–H and O–H groups in total. The number of imidazole rings is 1. The molecule has 2 aromatic carbocycles. The third-order valence-corrected chi connectivity index (χ3v) is 3.51. The molecule has 0 aliphatic rings. The van der Waals surface area contributed by atoms with Gasteiger partial charge in [-0.2, -0.15) is 0 Å². The highest BCUT2D eigenvalue weighted by atomic mass is 16.5. The topological polar surface area (TPSA) is 84.1 Å². The zero-order valence-electron chi connectivity index (χ0n) is 13.2. The van der Waals surface area contributed by atoms with Gasteiger partial charge < -0.3 is 9.72 Å². The smallest absolute Gasteiger partial charge is 0.264 e. The van der Waals surface area contributed by atoms with Gasteiger partial charge in [-0.05, 0) is 36.4 Å². The van der Waals surface area contributed by atoms with Crippen LogP contribution in [0.15, 0.2) is 48.5 Å². The summed E-state index contributed by atoms with van der Waals surface area (Å²) in [6, 6.07) is 14.3. The van der Waals surface area contributed by atoms with Crippen molar-refractivity contribution in [3.05, 3.63) is 54.1 Å². The van der Waals surface area contributed by atoms with Crippen LogP contribution in [0.25, 0.3) is 11.0 Å². The Morgan fingerprint density at radius 1 is 1.12 bits per heavy atom. The van der Waals surface area contributed by atoms with Gasteiger partial charge in [0.1, 0.15) is 5.75 Å². The van der Waals surface area contributed by atoms with Crippen molar-refractivity contribution in [3.8, 4) is 5.75 Å². The van der Waals surface area contributed by atoms with Gasteiger partial charge in [0.25, 0.3) is 5.91 Å². The second kappa shape index (κ2) is 6.95. The molecule has 0 fully saturated rings. The fraction of sp³-hybridized carbons (Fsp3) is 0.167. The molecule has 0 aliphatic carbocycles. The molecular formula is C18H17N3O3. The van der Waals surface area contributed by atoms with Crippen LogP contribution in [0.4, 0.5) is 5.95 Å². The summed E-state index contributed by atoms with van der Waals surface area (Å²) in [5.74, 6) is 0.669. The average Bonchev–Trinajstić information content (AvgIpc) is 3.02. The van der Waals surface area contributed by atoms with E-state index in [1.165, 1.54) is 0 Å². The van der Waals surface area contributed by atoms with Crippen molar-refractivity contribution in [1.82, 2.24) is 9.97 Å². The lowest BCUT2D eigenvalue weighted by atomic mass is 10.1. The van der Waals surface area contributed by atoms with Crippen molar-refractivity contribution in [2.24, 2.45) is 0 Å². The van der Waals surface area contributed by atoms with Gasteiger partial charge in [-0.15, -0.1) is 0 Å². The Bertz CT molecular complexity index is 836. The monoisotopic (exact) mass is 323 g/mol. The minimum atomic E-state index is -0.317. The molecule has 0 saturated carbocycles. The van der Waals surface area contributed by atoms with Gasteiger partial charge in [-0.25, -0.2) is 4.98 Å². The van der Waals surface area contributed by atoms with E-state index in [-0.39, 0.29) is 18.3 Å². The molecule has 0 spiro atoms. The van der Waals surface area contributed by atoms with Gasteiger partial charge >= 0.3 is 0 Å². The predicted molar refractivity (Wildman–Crippen MR) is 91.3 cm³/mol. The summed E-state index contributed by atoms with van der Waals surface area (Å²) in [4.78, 5) is 30.8. The molecule has 0 saturated heterocycles. The Kier molecular flexibility index (Phi) is 4.56. The molecule has 24 heavy (non-hydrogen) atoms. The predicted octanol–water partition coefficient (Wildman–Crippen LogP) is 3.17. The molecular weight excluding hydrogens is 306 g/mol. The number of rotatable bonds is 6. The number of anilines is 1. The summed E-state index contributed by atoms with van der Waals surface area (Å²) in [7, 11) is 0. The maximum Gasteiger partial charge on any atom is 0.264 e. The van der Waals surface area contributed by atoms with Crippen LogP contribution in [0.3, 0.4) is 0 Å². The molecule has 0 aliphatic heterocycles. The quantitative estimate of drug-likeness (QED) is 0.682. The number of fused-ring (bicyclic) bond motifs is 1. The van der Waals surface area contributed by atoms with E-state index in [1.54, 1.807) is 24.3 Å². The molecule has 6 heteroatoms. The SMILES string of the molecule is CCC(=O)c1ccc(OCC(=O)Nc2nc3ccccc3[nH]2)cc1. The minimum absolute atomic E-state index is 0.0733. The highest BCUT2D eigenvalue weighted by Gasteiger charge is 2.08. The van der Waals surface area contributed by atoms with E-state index in [1.807, 2.05) is 31.2 Å². The number of nitrogens with zero attached hydrogens (tertiary/aromatic N) is 1. The lowest BCUT2D eigenvalue weighted by Gasteiger charge is -2.06. The number of aromatic amines is 1. The Labute approximate surface area is 138 Å². The molecule has 3 rings (SSSR count). The van der Waals surface area contributed by atoms with Gasteiger partial charge in [0.05, 0.1) is 11.0 Å². The van der Waals surface area contributed by atoms with Gasteiger partial charge in [-0.3, -0.25) is 14.9 Å². The summed E-state index contributed by atoms with van der Waals surface area (Å²) in [5, 5.41) is 2.66. The van der Waals surface area contributed by atoms with E-state index < -0.39 is 0 Å². The standard InChI is InChI=1S/C18H17N3O3/c1-2-16(22)12-7-9-13(10-8-12)24-11-17(23)21-18-19-14-5-3-4-6-15(14)20-18/h3-10H,2,11H2,1H3,(H2,19,20,21,23). The number of hydrogen-bond acceptors (Lipinski definition) is 4. The summed E-state index contributed by atoms with van der Waals surface area (Å²) in [6.45, 7) is 1.67. The number of nitrogens with one attached hydrogen (secondary N) is 2. The van der Waals surface area contributed by atoms with E-state index in [0.717, 1.165) is 11.0 Å². The lowest BCUT2D eigenvalue weighted by molar-refractivity contribution is -0.118. The van der Waals surface area contributed by atoms with E-state index in [4.69, 9.17) is 4.74 Å². The molecule has 0 atom stereocenters. The molecule has 0 radical (unpaired) electrons. The number of ether oxygens (including phenoxy) is 1. The van der Waals surface area contributed by atoms with Gasteiger partial charge in [0, 0.05) is 12.0 Å². The highest BCUT2D eigenvalue weighted by molar-refractivity contribution is 5.96. The molecule has 0 unspecified atom stereocenters. The van der Waals surface area contributed by atoms with Crippen LogP contribution in [0, 0.1) is 0 Å². The Morgan fingerprint density at radius 2 is 1.88 bits per heavy atom. The molecule has 0 bridgehead atoms. The fourth-order valence-electron chi connectivity index (χ4n) is 2.27. The average molecular weight is 323 g/mol. The number of hydrogen-bond donors (Lipinski definition) is 2. The van der Waals surface area contributed by atoms with Crippen LogP contribution < -0.4 is 10.1 Å². The molecule has 1 aromatic heterocycles. The third-order valence-electron chi connectivity index (χ3n) is 3.51. The Morgan fingerprint density at radius 3 is 2.58 bits per heavy atom. The highest BCUT2D eigenvalue weighted by Crippen LogP contribution is 2.15. The number of ketones is 1. The van der Waals surface area contributed by atoms with Crippen molar-refractivity contribution < 1.29 is 14.3 Å². The number of H-pyrrole nitrogens is 1. The molecule has 1 heterocycles. The lowest BCUT2D eigenvalue weighted by Crippen LogP contribution is -2.20. The summed E-state index contributed by atoms with van der Waals surface area (Å²) in [6.07, 6.45) is 0.458. The van der Waals surface area contributed by atoms with Crippen LogP contribution in [0.1, 0.15) is 23.7 Å². The zero-order chi connectivity index (χ0) is 16.9. The second-order valence-electron chi connectivity index (χ2n) is 5.24. The first-order valence-electron chi connectivity index (χ1n) is 7.66. The van der Waals surface area contributed by atoms with Gasteiger partial charge in [-0.1, -0.05) is 19.1 Å². The number of benzene rings is 2. The van der Waals surface area contributed by atoms with E-state index in [2.05, 4.69) is 15.3 Å². The Balaban J connectivity index is 1.56. The number of carbonyl (C=O) groups is 2. The number of aromatic nitrogens is 2. The summed E-state index contributed by atoms with van der Waals surface area (Å²) < 4.78 is 5.42. The molecule has 1 amide bonds. The van der Waals surface area contributed by atoms with Crippen molar-refractivity contribution >= 4 is 28.7 Å². The van der Waals surface area contributed by atoms with Crippen molar-refractivity contribution in [2.75, 3.05) is 11.9 Å². The maximum atomic E-state index is 11.9. The van der Waals surface area contributed by atoms with Gasteiger partial charge in [0.15, 0.2) is 12.4 Å². The number of para-hydroxylation sites is 2. The van der Waals surface area contributed by atoms with E-state index >= 15 is 0 Å². The van der Waals surface area contributed by atoms with E-state index in [9.17, 15) is 9.59 Å². The zero-order valence-corrected chi connectivity index (χ0v) is 13.2. The Hall–Kier alpha value is -3.15. The first-order chi connectivity index (χ1) is 11.7. The van der Waals surface area contributed by atoms with Crippen molar-refractivity contribution in [2.45, 2.75) is 13.3 Å². The number of amides is 1. The normalized spacial score (nSPS) is 10.5. The van der Waals surface area contributed by atoms with Crippen LogP contribution in [0.2, 0.25) is 0 Å². The fourth-order valence-corrected chi connectivity index (χ4v) is 2.27. The van der Waals surface area contributed by atoms with Crippen molar-refractivity contribution in [1.29, 1.82) is 0 Å². The van der Waals surface area contributed by atoms with E-state index in [0.29, 0.717) is 23.7 Å². The second-order valence-corrected chi connectivity index (χ2v) is 5.24. The summed E-state index contributed by atoms with van der Waals surface area (Å²) >= 11 is 0. The van der Waals surface area contributed by atoms with Crippen LogP contribution in [0.5, 0.6) is 5.75 Å². The number of carbonyl (C=O) groups excluding carboxylic acids is 2. The van der Waals surface area contributed by atoms with Crippen molar-refractivity contribution in [3.63, 3.8) is 0 Å². The molecule has 3 aromatic rings. The first-order valence-corrected chi connectivity index (χ1v) is 7.66. The first kappa shape index (κ1) is 15.7. The van der Waals surface area contributed by atoms with Crippen LogP contribution in [-0.2, 0) is 4.79 Å². The number of Topliss-reactive ketones (excluding diaryl/α,β-unsaturated/α-hetero) is 1. The van der Waals surface area contributed by atoms with Crippen LogP contribution >= 0.6 is 0 Å². The van der Waals surface area contributed by atoms with Gasteiger partial charge in [0.2, 0.25) is 5.95 Å². The summed E-state index contributed by atoms with van der Waals surface area (Å²) in [5.41, 5.74) is 2.27. The molecule has 6 nitrogen and oxygen atoms in total. The maximum absolute atomic E-state index is 11.9. The molecule has 122 valence electrons. The minimum Gasteiger partial charge on any atom is -0.484 e. The van der Waals surface area contributed by atoms with Crippen LogP contribution in [-0.4, -0.2) is 28.3 Å². The third kappa shape index (κ3) is 3.60.